The van der Waals surface area contributed by atoms with Gasteiger partial charge in [0.05, 0.1) is 12.2 Å². The minimum atomic E-state index is 0. The average molecular weight is 303 g/mol. The summed E-state index contributed by atoms with van der Waals surface area (Å²) in [7, 11) is 0. The normalized spacial score (nSPS) is 10.7. The van der Waals surface area contributed by atoms with Crippen LogP contribution in [0.25, 0.3) is 0 Å². The number of benzene rings is 1. The van der Waals surface area contributed by atoms with E-state index >= 15 is 0 Å². The third-order valence-corrected chi connectivity index (χ3v) is 3.23. The zero-order valence-electron chi connectivity index (χ0n) is 11.9. The Morgan fingerprint density at radius 3 is 2.47 bits per heavy atom. The van der Waals surface area contributed by atoms with Crippen LogP contribution in [-0.4, -0.2) is 17.2 Å². The number of nitrogens with one attached hydrogen (secondary N) is 1. The lowest BCUT2D eigenvalue weighted by Crippen LogP contribution is -2.14. The van der Waals surface area contributed by atoms with Crippen molar-refractivity contribution in [1.82, 2.24) is 0 Å². The lowest BCUT2D eigenvalue weighted by atomic mass is 10.2. The van der Waals surface area contributed by atoms with Crippen molar-refractivity contribution in [3.05, 3.63) is 23.8 Å². The Kier molecular flexibility index (Phi) is 7.30. The van der Waals surface area contributed by atoms with Crippen molar-refractivity contribution in [3.63, 3.8) is 0 Å². The molecule has 0 aliphatic heterocycles. The van der Waals surface area contributed by atoms with Crippen LogP contribution in [0.3, 0.4) is 0 Å². The summed E-state index contributed by atoms with van der Waals surface area (Å²) in [5, 5.41) is 7.63. The molecule has 0 bridgehead atoms. The van der Waals surface area contributed by atoms with Gasteiger partial charge in [-0.3, -0.25) is 5.41 Å². The zero-order valence-corrected chi connectivity index (χ0v) is 13.6. The maximum atomic E-state index is 7.63. The van der Waals surface area contributed by atoms with Gasteiger partial charge in [-0.15, -0.1) is 24.2 Å². The number of thioether (sulfide) groups is 1. The fourth-order valence-corrected chi connectivity index (χ4v) is 2.49. The van der Waals surface area contributed by atoms with Gasteiger partial charge in [0.15, 0.2) is 0 Å². The fraction of sp³-hybridized carbons (Fsp3) is 0.500. The molecule has 0 aliphatic carbocycles. The molecule has 0 fully saturated rings. The summed E-state index contributed by atoms with van der Waals surface area (Å²) in [6.45, 7) is 9.18. The predicted octanol–water partition coefficient (Wildman–Crippen LogP) is 4.07. The van der Waals surface area contributed by atoms with Crippen molar-refractivity contribution in [2.75, 3.05) is 6.61 Å². The SMILES string of the molecule is CCCOc1ccc(SC(C)(C)C)cc1C(=N)N.Cl. The average Bonchev–Trinajstić information content (AvgIpc) is 2.25. The van der Waals surface area contributed by atoms with Gasteiger partial charge < -0.3 is 10.5 Å². The molecule has 0 saturated heterocycles. The van der Waals surface area contributed by atoms with E-state index in [-0.39, 0.29) is 23.0 Å². The molecule has 0 radical (unpaired) electrons. The van der Waals surface area contributed by atoms with Crippen molar-refractivity contribution in [2.24, 2.45) is 5.73 Å². The Hall–Kier alpha value is -0.870. The number of nitrogen functional groups attached to an aromatic ring is 1. The number of halogens is 1. The van der Waals surface area contributed by atoms with Gasteiger partial charge in [-0.1, -0.05) is 27.7 Å². The van der Waals surface area contributed by atoms with E-state index in [4.69, 9.17) is 15.9 Å². The standard InChI is InChI=1S/C14H22N2OS.ClH/c1-5-8-17-12-7-6-10(18-14(2,3)4)9-11(12)13(15)16;/h6-7,9H,5,8H2,1-4H3,(H3,15,16);1H. The van der Waals surface area contributed by atoms with Crippen molar-refractivity contribution < 1.29 is 4.74 Å². The Labute approximate surface area is 126 Å². The van der Waals surface area contributed by atoms with Crippen LogP contribution < -0.4 is 10.5 Å². The maximum absolute atomic E-state index is 7.63. The summed E-state index contributed by atoms with van der Waals surface area (Å²) in [4.78, 5) is 1.11. The molecule has 19 heavy (non-hydrogen) atoms. The topological polar surface area (TPSA) is 59.1 Å². The van der Waals surface area contributed by atoms with Crippen LogP contribution in [0.1, 0.15) is 39.7 Å². The van der Waals surface area contributed by atoms with Gasteiger partial charge in [0.25, 0.3) is 0 Å². The second kappa shape index (κ2) is 7.65. The third-order valence-electron chi connectivity index (χ3n) is 2.13. The number of nitrogens with two attached hydrogens (primary N) is 1. The van der Waals surface area contributed by atoms with E-state index < -0.39 is 0 Å². The van der Waals surface area contributed by atoms with Crippen LogP contribution in [0.4, 0.5) is 0 Å². The number of hydrogen-bond acceptors (Lipinski definition) is 3. The van der Waals surface area contributed by atoms with E-state index in [1.165, 1.54) is 0 Å². The van der Waals surface area contributed by atoms with Crippen LogP contribution in [0.2, 0.25) is 0 Å². The molecule has 1 aromatic carbocycles. The molecule has 0 aromatic heterocycles. The van der Waals surface area contributed by atoms with Crippen LogP contribution in [0.5, 0.6) is 5.75 Å². The van der Waals surface area contributed by atoms with Crippen LogP contribution in [0.15, 0.2) is 23.1 Å². The smallest absolute Gasteiger partial charge is 0.130 e. The van der Waals surface area contributed by atoms with E-state index in [0.29, 0.717) is 17.9 Å². The number of hydrogen-bond donors (Lipinski definition) is 2. The number of ether oxygens (including phenoxy) is 1. The lowest BCUT2D eigenvalue weighted by Gasteiger charge is -2.19. The summed E-state index contributed by atoms with van der Waals surface area (Å²) in [6.07, 6.45) is 0.940. The number of amidine groups is 1. The first-order chi connectivity index (χ1) is 8.33. The van der Waals surface area contributed by atoms with Gasteiger partial charge >= 0.3 is 0 Å². The molecule has 0 amide bonds. The molecular weight excluding hydrogens is 280 g/mol. The first-order valence-electron chi connectivity index (χ1n) is 6.13. The molecule has 0 atom stereocenters. The Bertz CT molecular complexity index is 430. The molecule has 0 aliphatic rings. The molecule has 1 rings (SSSR count). The molecule has 5 heteroatoms. The fourth-order valence-electron chi connectivity index (χ4n) is 1.47. The van der Waals surface area contributed by atoms with Gasteiger partial charge in [-0.25, -0.2) is 0 Å². The summed E-state index contributed by atoms with van der Waals surface area (Å²) in [5.74, 6) is 0.750. The molecule has 108 valence electrons. The highest BCUT2D eigenvalue weighted by molar-refractivity contribution is 8.00. The highest BCUT2D eigenvalue weighted by Crippen LogP contribution is 2.34. The van der Waals surface area contributed by atoms with E-state index in [1.54, 1.807) is 11.8 Å². The van der Waals surface area contributed by atoms with Crippen LogP contribution >= 0.6 is 24.2 Å². The molecule has 0 saturated carbocycles. The van der Waals surface area contributed by atoms with Gasteiger partial charge in [-0.2, -0.15) is 0 Å². The monoisotopic (exact) mass is 302 g/mol. The highest BCUT2D eigenvalue weighted by Gasteiger charge is 2.14. The number of rotatable bonds is 5. The third kappa shape index (κ3) is 6.21. The van der Waals surface area contributed by atoms with Gasteiger partial charge in [0.1, 0.15) is 11.6 Å². The minimum Gasteiger partial charge on any atom is -0.493 e. The van der Waals surface area contributed by atoms with Crippen LogP contribution in [-0.2, 0) is 0 Å². The van der Waals surface area contributed by atoms with Gasteiger partial charge in [0.2, 0.25) is 0 Å². The van der Waals surface area contributed by atoms with E-state index in [2.05, 4.69) is 27.7 Å². The Morgan fingerprint density at radius 2 is 2.00 bits per heavy atom. The van der Waals surface area contributed by atoms with Crippen molar-refractivity contribution in [3.8, 4) is 5.75 Å². The first-order valence-corrected chi connectivity index (χ1v) is 6.95. The molecule has 3 nitrogen and oxygen atoms in total. The molecule has 3 N–H and O–H groups in total. The Balaban J connectivity index is 0.00000324. The molecule has 1 aromatic rings. The highest BCUT2D eigenvalue weighted by atomic mass is 35.5. The van der Waals surface area contributed by atoms with E-state index in [9.17, 15) is 0 Å². The van der Waals surface area contributed by atoms with E-state index in [1.807, 2.05) is 18.2 Å². The molecule has 0 unspecified atom stereocenters. The first kappa shape index (κ1) is 18.1. The quantitative estimate of drug-likeness (QED) is 0.489. The van der Waals surface area contributed by atoms with Crippen molar-refractivity contribution in [1.29, 1.82) is 5.41 Å². The van der Waals surface area contributed by atoms with Crippen molar-refractivity contribution >= 4 is 30.0 Å². The predicted molar refractivity (Wildman–Crippen MR) is 86.1 cm³/mol. The summed E-state index contributed by atoms with van der Waals surface area (Å²) in [6, 6.07) is 5.86. The summed E-state index contributed by atoms with van der Waals surface area (Å²) < 4.78 is 5.74. The second-order valence-corrected chi connectivity index (χ2v) is 7.03. The van der Waals surface area contributed by atoms with Crippen LogP contribution in [0, 0.1) is 5.41 Å². The molecule has 0 spiro atoms. The maximum Gasteiger partial charge on any atom is 0.130 e. The Morgan fingerprint density at radius 1 is 1.37 bits per heavy atom. The van der Waals surface area contributed by atoms with Gasteiger partial charge in [0, 0.05) is 9.64 Å². The van der Waals surface area contributed by atoms with E-state index in [0.717, 1.165) is 11.3 Å². The lowest BCUT2D eigenvalue weighted by molar-refractivity contribution is 0.316. The zero-order chi connectivity index (χ0) is 13.8. The summed E-state index contributed by atoms with van der Waals surface area (Å²) >= 11 is 1.76. The largest absolute Gasteiger partial charge is 0.493 e. The molecular formula is C14H23ClN2OS. The van der Waals surface area contributed by atoms with Gasteiger partial charge in [-0.05, 0) is 24.6 Å². The minimum absolute atomic E-state index is 0. The molecule has 0 heterocycles. The second-order valence-electron chi connectivity index (χ2n) is 5.13. The summed E-state index contributed by atoms with van der Waals surface area (Å²) in [5.41, 5.74) is 6.29. The van der Waals surface area contributed by atoms with Crippen molar-refractivity contribution in [2.45, 2.75) is 43.8 Å².